The van der Waals surface area contributed by atoms with E-state index >= 15 is 0 Å². The van der Waals surface area contributed by atoms with Crippen LogP contribution in [0.3, 0.4) is 0 Å². The summed E-state index contributed by atoms with van der Waals surface area (Å²) in [5.74, 6) is -0.101. The van der Waals surface area contributed by atoms with Crippen LogP contribution in [0, 0.1) is 0 Å². The van der Waals surface area contributed by atoms with E-state index in [9.17, 15) is 13.2 Å². The number of carbonyl (C=O) groups excluding carboxylic acids is 1. The predicted molar refractivity (Wildman–Crippen MR) is 92.7 cm³/mol. The molecule has 5 nitrogen and oxygen atoms in total. The topological polar surface area (TPSA) is 66.5 Å². The molecular formula is C18H18N2O3S. The number of rotatable bonds is 2. The lowest BCUT2D eigenvalue weighted by Gasteiger charge is -2.36. The van der Waals surface area contributed by atoms with Gasteiger partial charge in [0.05, 0.1) is 17.0 Å². The van der Waals surface area contributed by atoms with E-state index in [0.717, 1.165) is 29.7 Å². The molecule has 4 rings (SSSR count). The van der Waals surface area contributed by atoms with Crippen molar-refractivity contribution >= 4 is 27.3 Å². The summed E-state index contributed by atoms with van der Waals surface area (Å²) in [6, 6.07) is 12.4. The van der Waals surface area contributed by atoms with Gasteiger partial charge in [-0.25, -0.2) is 8.42 Å². The first kappa shape index (κ1) is 15.2. The Morgan fingerprint density at radius 3 is 2.75 bits per heavy atom. The molecule has 0 bridgehead atoms. The summed E-state index contributed by atoms with van der Waals surface area (Å²) >= 11 is 0. The van der Waals surface area contributed by atoms with Gasteiger partial charge >= 0.3 is 0 Å². The van der Waals surface area contributed by atoms with E-state index in [1.807, 2.05) is 31.2 Å². The normalized spacial score (nSPS) is 19.6. The summed E-state index contributed by atoms with van der Waals surface area (Å²) in [6.45, 7) is 1.94. The van der Waals surface area contributed by atoms with Crippen LogP contribution in [0.2, 0.25) is 0 Å². The Kier molecular flexibility index (Phi) is 3.38. The molecule has 1 amide bonds. The number of hydrogen-bond donors (Lipinski definition) is 1. The Morgan fingerprint density at radius 2 is 1.92 bits per heavy atom. The minimum Gasteiger partial charge on any atom is -0.326 e. The van der Waals surface area contributed by atoms with Gasteiger partial charge < -0.3 is 5.32 Å². The van der Waals surface area contributed by atoms with E-state index in [2.05, 4.69) is 5.32 Å². The van der Waals surface area contributed by atoms with Crippen LogP contribution in [0.25, 0.3) is 0 Å². The fraction of sp³-hybridized carbons (Fsp3) is 0.278. The standard InChI is InChI=1S/C18H18N2O3S/c1-12-6-7-13-4-2-3-5-17(13)20(12)24(22,23)15-8-9-16-14(10-15)11-18(21)19-16/h2-5,8-10,12H,6-7,11H2,1H3,(H,19,21)/t12-/m0/s1. The number of sulfonamides is 1. The number of nitrogens with one attached hydrogen (secondary N) is 1. The van der Waals surface area contributed by atoms with Gasteiger partial charge in [-0.15, -0.1) is 0 Å². The van der Waals surface area contributed by atoms with Gasteiger partial charge in [0, 0.05) is 11.7 Å². The first-order chi connectivity index (χ1) is 11.5. The summed E-state index contributed by atoms with van der Waals surface area (Å²) in [6.07, 6.45) is 1.90. The molecule has 0 aliphatic carbocycles. The van der Waals surface area contributed by atoms with Gasteiger partial charge in [-0.05, 0) is 55.2 Å². The van der Waals surface area contributed by atoms with Gasteiger partial charge in [0.15, 0.2) is 0 Å². The number of nitrogens with zero attached hydrogens (tertiary/aromatic N) is 1. The molecule has 0 saturated carbocycles. The van der Waals surface area contributed by atoms with Crippen molar-refractivity contribution in [2.75, 3.05) is 9.62 Å². The van der Waals surface area contributed by atoms with Crippen molar-refractivity contribution in [3.63, 3.8) is 0 Å². The van der Waals surface area contributed by atoms with Crippen LogP contribution in [0.4, 0.5) is 11.4 Å². The lowest BCUT2D eigenvalue weighted by atomic mass is 9.99. The quantitative estimate of drug-likeness (QED) is 0.912. The van der Waals surface area contributed by atoms with Crippen molar-refractivity contribution < 1.29 is 13.2 Å². The molecule has 2 aromatic carbocycles. The first-order valence-electron chi connectivity index (χ1n) is 8.02. The maximum Gasteiger partial charge on any atom is 0.264 e. The van der Waals surface area contributed by atoms with Gasteiger partial charge in [-0.1, -0.05) is 18.2 Å². The fourth-order valence-electron chi connectivity index (χ4n) is 3.50. The van der Waals surface area contributed by atoms with Crippen LogP contribution in [0.1, 0.15) is 24.5 Å². The molecule has 0 aromatic heterocycles. The summed E-state index contributed by atoms with van der Waals surface area (Å²) in [5.41, 5.74) is 3.24. The molecule has 2 aliphatic heterocycles. The van der Waals surface area contributed by atoms with Crippen molar-refractivity contribution in [3.8, 4) is 0 Å². The molecule has 0 saturated heterocycles. The van der Waals surface area contributed by atoms with Gasteiger partial charge in [0.25, 0.3) is 10.0 Å². The second kappa shape index (κ2) is 5.34. The van der Waals surface area contributed by atoms with Crippen molar-refractivity contribution in [2.24, 2.45) is 0 Å². The smallest absolute Gasteiger partial charge is 0.264 e. The molecule has 1 atom stereocenters. The van der Waals surface area contributed by atoms with Crippen molar-refractivity contribution in [1.82, 2.24) is 0 Å². The zero-order valence-electron chi connectivity index (χ0n) is 13.3. The summed E-state index contributed by atoms with van der Waals surface area (Å²) in [5, 5.41) is 2.73. The van der Waals surface area contributed by atoms with Gasteiger partial charge in [0.1, 0.15) is 0 Å². The zero-order chi connectivity index (χ0) is 16.9. The van der Waals surface area contributed by atoms with E-state index < -0.39 is 10.0 Å². The maximum atomic E-state index is 13.3. The van der Waals surface area contributed by atoms with E-state index in [-0.39, 0.29) is 23.3 Å². The number of carbonyl (C=O) groups is 1. The third-order valence-corrected chi connectivity index (χ3v) is 6.64. The molecule has 1 N–H and O–H groups in total. The number of benzene rings is 2. The highest BCUT2D eigenvalue weighted by atomic mass is 32.2. The maximum absolute atomic E-state index is 13.3. The van der Waals surface area contributed by atoms with Crippen molar-refractivity contribution in [1.29, 1.82) is 0 Å². The largest absolute Gasteiger partial charge is 0.326 e. The monoisotopic (exact) mass is 342 g/mol. The highest BCUT2D eigenvalue weighted by Crippen LogP contribution is 2.36. The summed E-state index contributed by atoms with van der Waals surface area (Å²) in [7, 11) is -3.67. The number of anilines is 2. The summed E-state index contributed by atoms with van der Waals surface area (Å²) < 4.78 is 28.1. The second-order valence-corrected chi connectivity index (χ2v) is 8.18. The van der Waals surface area contributed by atoms with Crippen LogP contribution < -0.4 is 9.62 Å². The average molecular weight is 342 g/mol. The molecule has 0 fully saturated rings. The summed E-state index contributed by atoms with van der Waals surface area (Å²) in [4.78, 5) is 11.7. The van der Waals surface area contributed by atoms with Crippen molar-refractivity contribution in [2.45, 2.75) is 37.1 Å². The Morgan fingerprint density at radius 1 is 1.12 bits per heavy atom. The second-order valence-electron chi connectivity index (χ2n) is 6.36. The minimum atomic E-state index is -3.67. The minimum absolute atomic E-state index is 0.0992. The van der Waals surface area contributed by atoms with E-state index in [1.165, 1.54) is 4.31 Å². The molecule has 0 radical (unpaired) electrons. The molecule has 6 heteroatoms. The molecule has 0 unspecified atom stereocenters. The predicted octanol–water partition coefficient (Wildman–Crippen LogP) is 2.71. The first-order valence-corrected chi connectivity index (χ1v) is 9.46. The van der Waals surface area contributed by atoms with Crippen LogP contribution in [-0.4, -0.2) is 20.4 Å². The van der Waals surface area contributed by atoms with Crippen LogP contribution in [-0.2, 0) is 27.7 Å². The number of hydrogen-bond acceptors (Lipinski definition) is 3. The van der Waals surface area contributed by atoms with Crippen molar-refractivity contribution in [3.05, 3.63) is 53.6 Å². The molecule has 0 spiro atoms. The highest BCUT2D eigenvalue weighted by molar-refractivity contribution is 7.92. The average Bonchev–Trinajstić information content (AvgIpc) is 2.93. The Balaban J connectivity index is 1.81. The Hall–Kier alpha value is -2.34. The van der Waals surface area contributed by atoms with Gasteiger partial charge in [-0.3, -0.25) is 9.10 Å². The lowest BCUT2D eigenvalue weighted by molar-refractivity contribution is -0.115. The third kappa shape index (κ3) is 2.29. The van der Waals surface area contributed by atoms with E-state index in [4.69, 9.17) is 0 Å². The Bertz CT molecular complexity index is 937. The van der Waals surface area contributed by atoms with Crippen LogP contribution in [0.15, 0.2) is 47.4 Å². The zero-order valence-corrected chi connectivity index (χ0v) is 14.1. The van der Waals surface area contributed by atoms with E-state index in [0.29, 0.717) is 5.69 Å². The molecule has 2 heterocycles. The number of amides is 1. The SMILES string of the molecule is C[C@H]1CCc2ccccc2N1S(=O)(=O)c1ccc2c(c1)CC(=O)N2. The highest BCUT2D eigenvalue weighted by Gasteiger charge is 2.34. The third-order valence-electron chi connectivity index (χ3n) is 4.72. The Labute approximate surface area is 141 Å². The number of aryl methyl sites for hydroxylation is 1. The molecule has 2 aromatic rings. The molecular weight excluding hydrogens is 324 g/mol. The fourth-order valence-corrected chi connectivity index (χ4v) is 5.28. The van der Waals surface area contributed by atoms with Gasteiger partial charge in [0.2, 0.25) is 5.91 Å². The van der Waals surface area contributed by atoms with Crippen LogP contribution in [0.5, 0.6) is 0 Å². The van der Waals surface area contributed by atoms with E-state index in [1.54, 1.807) is 18.2 Å². The number of fused-ring (bicyclic) bond motifs is 2. The van der Waals surface area contributed by atoms with Gasteiger partial charge in [-0.2, -0.15) is 0 Å². The molecule has 124 valence electrons. The lowest BCUT2D eigenvalue weighted by Crippen LogP contribution is -2.42. The number of para-hydroxylation sites is 1. The van der Waals surface area contributed by atoms with Crippen LogP contribution >= 0.6 is 0 Å². The molecule has 2 aliphatic rings. The molecule has 24 heavy (non-hydrogen) atoms.